The molecule has 0 heterocycles. The molecule has 0 aliphatic heterocycles. The van der Waals surface area contributed by atoms with Crippen molar-refractivity contribution in [2.75, 3.05) is 0 Å². The Morgan fingerprint density at radius 1 is 1.36 bits per heavy atom. The van der Waals surface area contributed by atoms with Crippen molar-refractivity contribution in [1.82, 2.24) is 6.15 Å². The first-order valence-electron chi connectivity index (χ1n) is 4.05. The Kier molecular flexibility index (Phi) is 18.6. The van der Waals surface area contributed by atoms with Gasteiger partial charge in [0.2, 0.25) is 0 Å². The molecular weight excluding hydrogens is 192 g/mol. The van der Waals surface area contributed by atoms with Gasteiger partial charge in [-0.1, -0.05) is 26.2 Å². The number of rotatable bonds is 5. The fraction of sp³-hybridized carbons (Fsp3) is 0.857. The van der Waals surface area contributed by atoms with Crippen LogP contribution in [0.1, 0.15) is 39.0 Å². The van der Waals surface area contributed by atoms with E-state index in [4.69, 9.17) is 20.4 Å². The number of carbonyl (C=O) groups is 1. The number of carboxylic acids is 1. The average Bonchev–Trinajstić information content (AvgIpc) is 1.97. The van der Waals surface area contributed by atoms with Gasteiger partial charge in [0, 0.05) is 6.42 Å². The molecule has 0 saturated carbocycles. The SMILES string of the molecule is CCCCCCC(=O)O.N.O=[N+]([O-])O. The van der Waals surface area contributed by atoms with Gasteiger partial charge in [-0.15, -0.1) is 10.1 Å². The lowest BCUT2D eigenvalue weighted by Gasteiger charge is -1.92. The molecule has 0 aliphatic rings. The first-order valence-corrected chi connectivity index (χ1v) is 4.05. The molecule has 0 aromatic rings. The standard InChI is InChI=1S/C7H14O2.HNO3.H3N/c1-2-3-4-5-6-7(8)9;2-1(3)4;/h2-6H2,1H3,(H,8,9);(H,2,3,4);1H3. The van der Waals surface area contributed by atoms with Crippen LogP contribution in [-0.2, 0) is 4.79 Å². The van der Waals surface area contributed by atoms with Gasteiger partial charge < -0.3 is 16.5 Å². The third kappa shape index (κ3) is 46.0. The molecule has 86 valence electrons. The smallest absolute Gasteiger partial charge is 0.303 e. The summed E-state index contributed by atoms with van der Waals surface area (Å²) in [6.07, 6.45) is 4.55. The topological polar surface area (TPSA) is 136 Å². The molecule has 0 rings (SSSR count). The van der Waals surface area contributed by atoms with Crippen LogP contribution in [-0.4, -0.2) is 21.4 Å². The molecule has 0 amide bonds. The van der Waals surface area contributed by atoms with Crippen molar-refractivity contribution in [3.05, 3.63) is 10.1 Å². The van der Waals surface area contributed by atoms with E-state index in [1.807, 2.05) is 0 Å². The Bertz CT molecular complexity index is 147. The molecule has 0 radical (unpaired) electrons. The van der Waals surface area contributed by atoms with Crippen LogP contribution in [0.5, 0.6) is 0 Å². The first-order chi connectivity index (χ1) is 6.00. The number of hydrogen-bond acceptors (Lipinski definition) is 4. The summed E-state index contributed by atoms with van der Waals surface area (Å²) in [6, 6.07) is 0. The predicted molar refractivity (Wildman–Crippen MR) is 50.2 cm³/mol. The second-order valence-corrected chi connectivity index (χ2v) is 2.44. The minimum atomic E-state index is -1.50. The molecule has 0 spiro atoms. The maximum atomic E-state index is 9.96. The Balaban J connectivity index is -0.000000209. The van der Waals surface area contributed by atoms with Crippen molar-refractivity contribution in [3.8, 4) is 0 Å². The monoisotopic (exact) mass is 210 g/mol. The van der Waals surface area contributed by atoms with Crippen LogP contribution in [0, 0.1) is 10.1 Å². The van der Waals surface area contributed by atoms with Crippen molar-refractivity contribution in [2.45, 2.75) is 39.0 Å². The fourth-order valence-corrected chi connectivity index (χ4v) is 0.703. The molecule has 0 aliphatic carbocycles. The van der Waals surface area contributed by atoms with Crippen molar-refractivity contribution in [2.24, 2.45) is 0 Å². The lowest BCUT2D eigenvalue weighted by Crippen LogP contribution is -1.92. The zero-order valence-electron chi connectivity index (χ0n) is 8.31. The molecule has 0 aromatic carbocycles. The highest BCUT2D eigenvalue weighted by Crippen LogP contribution is 2.01. The van der Waals surface area contributed by atoms with Crippen molar-refractivity contribution < 1.29 is 20.2 Å². The maximum absolute atomic E-state index is 9.96. The normalized spacial score (nSPS) is 7.79. The highest BCUT2D eigenvalue weighted by atomic mass is 16.9. The summed E-state index contributed by atoms with van der Waals surface area (Å²) in [4.78, 5) is 18.3. The molecule has 7 nitrogen and oxygen atoms in total. The van der Waals surface area contributed by atoms with E-state index in [2.05, 4.69) is 6.92 Å². The fourth-order valence-electron chi connectivity index (χ4n) is 0.703. The average molecular weight is 210 g/mol. The second-order valence-electron chi connectivity index (χ2n) is 2.44. The van der Waals surface area contributed by atoms with E-state index >= 15 is 0 Å². The summed E-state index contributed by atoms with van der Waals surface area (Å²) in [6.45, 7) is 2.11. The zero-order chi connectivity index (χ0) is 10.7. The van der Waals surface area contributed by atoms with Gasteiger partial charge in [0.05, 0.1) is 0 Å². The second kappa shape index (κ2) is 14.2. The van der Waals surface area contributed by atoms with Crippen LogP contribution in [0.15, 0.2) is 0 Å². The molecule has 14 heavy (non-hydrogen) atoms. The lowest BCUT2D eigenvalue weighted by molar-refractivity contribution is -0.742. The molecule has 7 heteroatoms. The van der Waals surface area contributed by atoms with Gasteiger partial charge in [-0.2, -0.15) is 0 Å². The van der Waals surface area contributed by atoms with Crippen LogP contribution in [0.25, 0.3) is 0 Å². The minimum Gasteiger partial charge on any atom is -0.481 e. The summed E-state index contributed by atoms with van der Waals surface area (Å²) < 4.78 is 0. The van der Waals surface area contributed by atoms with Gasteiger partial charge >= 0.3 is 5.97 Å². The van der Waals surface area contributed by atoms with Crippen LogP contribution in [0.2, 0.25) is 0 Å². The van der Waals surface area contributed by atoms with Crippen LogP contribution >= 0.6 is 0 Å². The Hall–Kier alpha value is -1.37. The first kappa shape index (κ1) is 18.4. The summed E-state index contributed by atoms with van der Waals surface area (Å²) in [5, 5.41) is 21.9. The zero-order valence-corrected chi connectivity index (χ0v) is 8.31. The summed E-state index contributed by atoms with van der Waals surface area (Å²) >= 11 is 0. The van der Waals surface area contributed by atoms with E-state index in [-0.39, 0.29) is 6.15 Å². The highest BCUT2D eigenvalue weighted by molar-refractivity contribution is 5.66. The van der Waals surface area contributed by atoms with E-state index in [1.54, 1.807) is 0 Å². The third-order valence-corrected chi connectivity index (χ3v) is 1.24. The summed E-state index contributed by atoms with van der Waals surface area (Å²) in [5.41, 5.74) is 0. The van der Waals surface area contributed by atoms with E-state index in [0.717, 1.165) is 19.3 Å². The van der Waals surface area contributed by atoms with Crippen LogP contribution in [0.3, 0.4) is 0 Å². The van der Waals surface area contributed by atoms with E-state index in [1.165, 1.54) is 6.42 Å². The third-order valence-electron chi connectivity index (χ3n) is 1.24. The number of nitrogens with zero attached hydrogens (tertiary/aromatic N) is 1. The van der Waals surface area contributed by atoms with Crippen LogP contribution in [0.4, 0.5) is 0 Å². The molecule has 0 unspecified atom stereocenters. The van der Waals surface area contributed by atoms with Crippen molar-refractivity contribution >= 4 is 5.97 Å². The Labute approximate surface area is 82.4 Å². The maximum Gasteiger partial charge on any atom is 0.303 e. The quantitative estimate of drug-likeness (QED) is 0.360. The molecule has 0 aromatic heterocycles. The summed E-state index contributed by atoms with van der Waals surface area (Å²) in [5.74, 6) is -0.675. The molecule has 0 saturated heterocycles. The van der Waals surface area contributed by atoms with Crippen molar-refractivity contribution in [1.29, 1.82) is 0 Å². The molecule has 0 bridgehead atoms. The van der Waals surface area contributed by atoms with Gasteiger partial charge in [0.15, 0.2) is 0 Å². The van der Waals surface area contributed by atoms with Gasteiger partial charge in [0.25, 0.3) is 5.09 Å². The molecular formula is C7H18N2O5. The van der Waals surface area contributed by atoms with Gasteiger partial charge in [-0.05, 0) is 6.42 Å². The number of hydrogen-bond donors (Lipinski definition) is 3. The molecule has 5 N–H and O–H groups in total. The number of aliphatic carboxylic acids is 1. The van der Waals surface area contributed by atoms with Gasteiger partial charge in [-0.3, -0.25) is 4.79 Å². The molecule has 0 fully saturated rings. The summed E-state index contributed by atoms with van der Waals surface area (Å²) in [7, 11) is 0. The van der Waals surface area contributed by atoms with Gasteiger partial charge in [0.1, 0.15) is 0 Å². The van der Waals surface area contributed by atoms with Crippen LogP contribution < -0.4 is 6.15 Å². The minimum absolute atomic E-state index is 0. The van der Waals surface area contributed by atoms with E-state index in [0.29, 0.717) is 6.42 Å². The largest absolute Gasteiger partial charge is 0.481 e. The Morgan fingerprint density at radius 3 is 2.07 bits per heavy atom. The lowest BCUT2D eigenvalue weighted by atomic mass is 10.2. The Morgan fingerprint density at radius 2 is 1.79 bits per heavy atom. The number of carboxylic acid groups (broad SMARTS) is 1. The van der Waals surface area contributed by atoms with Gasteiger partial charge in [-0.25, -0.2) is 0 Å². The molecule has 0 atom stereocenters. The predicted octanol–water partition coefficient (Wildman–Crippen LogP) is 1.86. The highest BCUT2D eigenvalue weighted by Gasteiger charge is 1.93. The van der Waals surface area contributed by atoms with E-state index < -0.39 is 11.1 Å². The van der Waals surface area contributed by atoms with E-state index in [9.17, 15) is 4.79 Å². The number of unbranched alkanes of at least 4 members (excludes halogenated alkanes) is 3. The van der Waals surface area contributed by atoms with Crippen molar-refractivity contribution in [3.63, 3.8) is 0 Å².